The van der Waals surface area contributed by atoms with Gasteiger partial charge >= 0.3 is 0 Å². The van der Waals surface area contributed by atoms with Gasteiger partial charge in [-0.2, -0.15) is 4.98 Å². The van der Waals surface area contributed by atoms with Gasteiger partial charge in [-0.3, -0.25) is 4.98 Å². The van der Waals surface area contributed by atoms with E-state index in [0.717, 1.165) is 10.4 Å². The van der Waals surface area contributed by atoms with E-state index >= 15 is 0 Å². The third-order valence-electron chi connectivity index (χ3n) is 2.41. The Hall–Kier alpha value is -2.21. The van der Waals surface area contributed by atoms with Crippen LogP contribution in [0.3, 0.4) is 0 Å². The van der Waals surface area contributed by atoms with Crippen LogP contribution in [0.4, 0.5) is 0 Å². The normalized spacial score (nSPS) is 10.7. The van der Waals surface area contributed by atoms with E-state index in [1.807, 2.05) is 12.1 Å². The molecule has 2 heterocycles. The minimum Gasteiger partial charge on any atom is -0.508 e. The zero-order valence-electron chi connectivity index (χ0n) is 9.28. The van der Waals surface area contributed by atoms with Crippen molar-refractivity contribution >= 4 is 11.3 Å². The molecule has 0 aliphatic heterocycles. The van der Waals surface area contributed by atoms with Gasteiger partial charge in [0.15, 0.2) is 0 Å². The topological polar surface area (TPSA) is 72.0 Å². The van der Waals surface area contributed by atoms with Gasteiger partial charge in [-0.25, -0.2) is 0 Å². The Morgan fingerprint density at radius 3 is 2.78 bits per heavy atom. The predicted octanol–water partition coefficient (Wildman–Crippen LogP) is 2.49. The summed E-state index contributed by atoms with van der Waals surface area (Å²) in [6.07, 6.45) is 2.26. The summed E-state index contributed by atoms with van der Waals surface area (Å²) >= 11 is 1.47. The molecule has 0 aliphatic rings. The molecule has 0 spiro atoms. The monoisotopic (exact) mass is 259 g/mol. The number of hydrogen-bond donors (Lipinski definition) is 1. The molecule has 6 heteroatoms. The van der Waals surface area contributed by atoms with Gasteiger partial charge in [-0.15, -0.1) is 11.3 Å². The number of aromatic nitrogens is 3. The van der Waals surface area contributed by atoms with E-state index in [9.17, 15) is 5.11 Å². The molecule has 0 fully saturated rings. The molecule has 3 rings (SSSR count). The van der Waals surface area contributed by atoms with Crippen molar-refractivity contribution in [2.45, 2.75) is 6.42 Å². The molecular weight excluding hydrogens is 250 g/mol. The van der Waals surface area contributed by atoms with Crippen molar-refractivity contribution in [2.24, 2.45) is 0 Å². The van der Waals surface area contributed by atoms with E-state index in [1.165, 1.54) is 11.3 Å². The minimum atomic E-state index is 0.245. The number of hydrogen-bond acceptors (Lipinski definition) is 6. The summed E-state index contributed by atoms with van der Waals surface area (Å²) in [7, 11) is 0. The second kappa shape index (κ2) is 4.58. The highest BCUT2D eigenvalue weighted by Gasteiger charge is 2.10. The predicted molar refractivity (Wildman–Crippen MR) is 66.3 cm³/mol. The van der Waals surface area contributed by atoms with E-state index in [4.69, 9.17) is 4.52 Å². The van der Waals surface area contributed by atoms with Crippen molar-refractivity contribution in [3.8, 4) is 16.5 Å². The highest BCUT2D eigenvalue weighted by Crippen LogP contribution is 2.20. The first-order chi connectivity index (χ1) is 8.81. The van der Waals surface area contributed by atoms with Crippen LogP contribution in [0.1, 0.15) is 11.5 Å². The quantitative estimate of drug-likeness (QED) is 0.782. The lowest BCUT2D eigenvalue weighted by atomic mass is 10.1. The maximum absolute atomic E-state index is 9.19. The van der Waals surface area contributed by atoms with Crippen molar-refractivity contribution in [3.63, 3.8) is 0 Å². The van der Waals surface area contributed by atoms with E-state index < -0.39 is 0 Å². The number of phenolic OH excluding ortho intramolecular Hbond substituents is 1. The summed E-state index contributed by atoms with van der Waals surface area (Å²) in [4.78, 5) is 9.16. The zero-order chi connectivity index (χ0) is 12.4. The fourth-order valence-corrected chi connectivity index (χ4v) is 2.09. The van der Waals surface area contributed by atoms with Crippen molar-refractivity contribution < 1.29 is 9.63 Å². The van der Waals surface area contributed by atoms with E-state index in [1.54, 1.807) is 23.8 Å². The van der Waals surface area contributed by atoms with E-state index in [-0.39, 0.29) is 5.75 Å². The van der Waals surface area contributed by atoms with Crippen LogP contribution in [0.5, 0.6) is 5.75 Å². The van der Waals surface area contributed by atoms with Gasteiger partial charge in [0.25, 0.3) is 0 Å². The lowest BCUT2D eigenvalue weighted by Gasteiger charge is -1.96. The second-order valence-electron chi connectivity index (χ2n) is 3.72. The lowest BCUT2D eigenvalue weighted by molar-refractivity contribution is 0.385. The maximum atomic E-state index is 9.19. The molecule has 18 heavy (non-hydrogen) atoms. The number of thiazole rings is 1. The van der Waals surface area contributed by atoms with Crippen LogP contribution in [0, 0.1) is 0 Å². The minimum absolute atomic E-state index is 0.245. The fourth-order valence-electron chi connectivity index (χ4n) is 1.54. The molecule has 2 aromatic heterocycles. The SMILES string of the molecule is Oc1ccc(Cc2nc(-c3cncs3)no2)cc1. The van der Waals surface area contributed by atoms with Crippen molar-refractivity contribution in [1.82, 2.24) is 15.1 Å². The number of phenols is 1. The summed E-state index contributed by atoms with van der Waals surface area (Å²) in [6.45, 7) is 0. The summed E-state index contributed by atoms with van der Waals surface area (Å²) in [5, 5.41) is 13.1. The number of rotatable bonds is 3. The highest BCUT2D eigenvalue weighted by atomic mass is 32.1. The Bertz CT molecular complexity index is 632. The largest absolute Gasteiger partial charge is 0.508 e. The molecule has 3 aromatic rings. The standard InChI is InChI=1S/C12H9N3O2S/c16-9-3-1-8(2-4-9)5-11-14-12(15-17-11)10-6-13-7-18-10/h1-4,6-7,16H,5H2. The van der Waals surface area contributed by atoms with Crippen LogP contribution < -0.4 is 0 Å². The molecule has 0 atom stereocenters. The van der Waals surface area contributed by atoms with Gasteiger partial charge in [0.1, 0.15) is 5.75 Å². The summed E-state index contributed by atoms with van der Waals surface area (Å²) in [5.74, 6) is 1.35. The molecule has 1 aromatic carbocycles. The first kappa shape index (κ1) is 10.9. The molecule has 0 aliphatic carbocycles. The van der Waals surface area contributed by atoms with Gasteiger partial charge in [-0.05, 0) is 17.7 Å². The second-order valence-corrected chi connectivity index (χ2v) is 4.61. The molecule has 90 valence electrons. The molecule has 0 saturated carbocycles. The maximum Gasteiger partial charge on any atom is 0.231 e. The molecule has 0 bridgehead atoms. The third kappa shape index (κ3) is 2.23. The number of nitrogens with zero attached hydrogens (tertiary/aromatic N) is 3. The van der Waals surface area contributed by atoms with Gasteiger partial charge in [0, 0.05) is 6.20 Å². The molecular formula is C12H9N3O2S. The van der Waals surface area contributed by atoms with Gasteiger partial charge in [-0.1, -0.05) is 17.3 Å². The number of benzene rings is 1. The highest BCUT2D eigenvalue weighted by molar-refractivity contribution is 7.13. The molecule has 1 N–H and O–H groups in total. The summed E-state index contributed by atoms with van der Waals surface area (Å²) in [6, 6.07) is 6.92. The molecule has 0 amide bonds. The lowest BCUT2D eigenvalue weighted by Crippen LogP contribution is -1.87. The van der Waals surface area contributed by atoms with Crippen molar-refractivity contribution in [1.29, 1.82) is 0 Å². The smallest absolute Gasteiger partial charge is 0.231 e. The van der Waals surface area contributed by atoms with Crippen LogP contribution in [0.15, 0.2) is 40.5 Å². The average molecular weight is 259 g/mol. The zero-order valence-corrected chi connectivity index (χ0v) is 10.1. The van der Waals surface area contributed by atoms with E-state index in [2.05, 4.69) is 15.1 Å². The Balaban J connectivity index is 1.80. The van der Waals surface area contributed by atoms with Gasteiger partial charge in [0.2, 0.25) is 11.7 Å². The van der Waals surface area contributed by atoms with Crippen molar-refractivity contribution in [2.75, 3.05) is 0 Å². The van der Waals surface area contributed by atoms with Crippen LogP contribution in [0.25, 0.3) is 10.7 Å². The summed E-state index contributed by atoms with van der Waals surface area (Å²) < 4.78 is 5.18. The Kier molecular flexibility index (Phi) is 2.77. The van der Waals surface area contributed by atoms with Crippen LogP contribution in [-0.4, -0.2) is 20.2 Å². The number of aromatic hydroxyl groups is 1. The molecule has 5 nitrogen and oxygen atoms in total. The van der Waals surface area contributed by atoms with Crippen LogP contribution >= 0.6 is 11.3 Å². The fraction of sp³-hybridized carbons (Fsp3) is 0.0833. The van der Waals surface area contributed by atoms with Crippen LogP contribution in [0.2, 0.25) is 0 Å². The van der Waals surface area contributed by atoms with Gasteiger partial charge in [0.05, 0.1) is 16.8 Å². The van der Waals surface area contributed by atoms with Crippen molar-refractivity contribution in [3.05, 3.63) is 47.4 Å². The van der Waals surface area contributed by atoms with Crippen LogP contribution in [-0.2, 0) is 6.42 Å². The average Bonchev–Trinajstić information content (AvgIpc) is 3.02. The Labute approximate surface area is 107 Å². The first-order valence-corrected chi connectivity index (χ1v) is 6.18. The molecule has 0 unspecified atom stereocenters. The van der Waals surface area contributed by atoms with E-state index in [0.29, 0.717) is 18.1 Å². The Morgan fingerprint density at radius 1 is 1.22 bits per heavy atom. The third-order valence-corrected chi connectivity index (χ3v) is 3.18. The first-order valence-electron chi connectivity index (χ1n) is 5.30. The molecule has 0 radical (unpaired) electrons. The Morgan fingerprint density at radius 2 is 2.06 bits per heavy atom. The van der Waals surface area contributed by atoms with Gasteiger partial charge < -0.3 is 9.63 Å². The summed E-state index contributed by atoms with van der Waals surface area (Å²) in [5.41, 5.74) is 2.73. The molecule has 0 saturated heterocycles.